The second kappa shape index (κ2) is 10.6. The van der Waals surface area contributed by atoms with E-state index in [9.17, 15) is 0 Å². The van der Waals surface area contributed by atoms with Crippen molar-refractivity contribution in [1.82, 2.24) is 0 Å². The summed E-state index contributed by atoms with van der Waals surface area (Å²) in [6, 6.07) is 8.41. The third-order valence-electron chi connectivity index (χ3n) is 1.76. The topological polar surface area (TPSA) is 18.5 Å². The Morgan fingerprint density at radius 1 is 1.33 bits per heavy atom. The van der Waals surface area contributed by atoms with Gasteiger partial charge in [0.15, 0.2) is 0 Å². The number of hydrogen-bond acceptors (Lipinski definition) is 2. The first-order valence-corrected chi connectivity index (χ1v) is 4.55. The molecule has 1 aromatic carbocycles. The Labute approximate surface area is 118 Å². The van der Waals surface area contributed by atoms with Gasteiger partial charge < -0.3 is 26.5 Å². The third-order valence-corrected chi connectivity index (χ3v) is 1.76. The van der Waals surface area contributed by atoms with E-state index in [2.05, 4.69) is 13.0 Å². The van der Waals surface area contributed by atoms with E-state index in [4.69, 9.17) is 9.47 Å². The molecule has 0 saturated heterocycles. The standard InChI is InChI=1S/C11H15O2.BrH.Mg/c1-3-4-9-13-11-8-6-5-7-10(11)12-2;;/h6-8H,3-4,9H2,1-2H3;1H;/q-1;;+2/p-1. The molecule has 0 aliphatic carbocycles. The van der Waals surface area contributed by atoms with Crippen LogP contribution in [-0.2, 0) is 0 Å². The van der Waals surface area contributed by atoms with Crippen LogP contribution in [0.4, 0.5) is 0 Å². The molecule has 0 aromatic heterocycles. The second-order valence-electron chi connectivity index (χ2n) is 2.78. The van der Waals surface area contributed by atoms with Crippen molar-refractivity contribution in [1.29, 1.82) is 0 Å². The fraction of sp³-hybridized carbons (Fsp3) is 0.455. The maximum Gasteiger partial charge on any atom is 2.00 e. The molecule has 0 bridgehead atoms. The summed E-state index contributed by atoms with van der Waals surface area (Å²) in [4.78, 5) is 0. The summed E-state index contributed by atoms with van der Waals surface area (Å²) < 4.78 is 10.6. The summed E-state index contributed by atoms with van der Waals surface area (Å²) in [5, 5.41) is 0. The number of unbranched alkanes of at least 4 members (excludes halogenated alkanes) is 1. The quantitative estimate of drug-likeness (QED) is 0.404. The van der Waals surface area contributed by atoms with Crippen LogP contribution < -0.4 is 26.5 Å². The molecule has 2 nitrogen and oxygen atoms in total. The molecule has 1 rings (SSSR count). The zero-order chi connectivity index (χ0) is 9.52. The van der Waals surface area contributed by atoms with Gasteiger partial charge in [-0.15, -0.1) is 12.1 Å². The molecule has 80 valence electrons. The van der Waals surface area contributed by atoms with E-state index >= 15 is 0 Å². The van der Waals surface area contributed by atoms with Gasteiger partial charge in [-0.3, -0.25) is 0 Å². The van der Waals surface area contributed by atoms with Crippen molar-refractivity contribution in [2.45, 2.75) is 19.8 Å². The van der Waals surface area contributed by atoms with Crippen LogP contribution in [0.25, 0.3) is 0 Å². The van der Waals surface area contributed by atoms with E-state index in [0.29, 0.717) is 0 Å². The van der Waals surface area contributed by atoms with Gasteiger partial charge in [0.25, 0.3) is 0 Å². The largest absolute Gasteiger partial charge is 2.00 e. The molecule has 0 amide bonds. The molecular formula is C11H15BrMgO2. The monoisotopic (exact) mass is 282 g/mol. The fourth-order valence-corrected chi connectivity index (χ4v) is 1.01. The van der Waals surface area contributed by atoms with Gasteiger partial charge >= 0.3 is 23.1 Å². The third kappa shape index (κ3) is 6.27. The molecule has 1 aromatic rings. The van der Waals surface area contributed by atoms with Crippen LogP contribution in [0.2, 0.25) is 0 Å². The first-order chi connectivity index (χ1) is 6.38. The minimum absolute atomic E-state index is 0. The van der Waals surface area contributed by atoms with Crippen LogP contribution in [0.3, 0.4) is 0 Å². The summed E-state index contributed by atoms with van der Waals surface area (Å²) in [5.74, 6) is 1.55. The van der Waals surface area contributed by atoms with Gasteiger partial charge in [0.05, 0.1) is 19.5 Å². The molecule has 15 heavy (non-hydrogen) atoms. The Bertz CT molecular complexity index is 256. The predicted octanol–water partition coefficient (Wildman–Crippen LogP) is -0.703. The summed E-state index contributed by atoms with van der Waals surface area (Å²) >= 11 is 0. The average molecular weight is 283 g/mol. The average Bonchev–Trinajstić information content (AvgIpc) is 2.19. The van der Waals surface area contributed by atoms with Crippen LogP contribution >= 0.6 is 0 Å². The maximum atomic E-state index is 5.52. The number of benzene rings is 1. The van der Waals surface area contributed by atoms with Crippen LogP contribution in [-0.4, -0.2) is 36.8 Å². The van der Waals surface area contributed by atoms with Gasteiger partial charge in [0, 0.05) is 5.75 Å². The van der Waals surface area contributed by atoms with Crippen molar-refractivity contribution < 1.29 is 26.5 Å². The maximum absolute atomic E-state index is 5.52. The fourth-order valence-electron chi connectivity index (χ4n) is 1.01. The number of methoxy groups -OCH3 is 1. The molecule has 0 saturated carbocycles. The molecule has 0 atom stereocenters. The van der Waals surface area contributed by atoms with E-state index < -0.39 is 0 Å². The first-order valence-electron chi connectivity index (χ1n) is 4.55. The Balaban J connectivity index is 0. The molecule has 4 heteroatoms. The zero-order valence-corrected chi connectivity index (χ0v) is 12.3. The van der Waals surface area contributed by atoms with Crippen molar-refractivity contribution >= 4 is 23.1 Å². The minimum atomic E-state index is 0. The van der Waals surface area contributed by atoms with Gasteiger partial charge in [0.2, 0.25) is 0 Å². The van der Waals surface area contributed by atoms with Crippen molar-refractivity contribution in [2.24, 2.45) is 0 Å². The molecule has 0 heterocycles. The Morgan fingerprint density at radius 2 is 2.07 bits per heavy atom. The molecular weight excluding hydrogens is 268 g/mol. The molecule has 0 spiro atoms. The van der Waals surface area contributed by atoms with Gasteiger partial charge in [-0.2, -0.15) is 12.1 Å². The van der Waals surface area contributed by atoms with Crippen molar-refractivity contribution in [3.63, 3.8) is 0 Å². The molecule has 0 radical (unpaired) electrons. The van der Waals surface area contributed by atoms with Gasteiger partial charge in [0.1, 0.15) is 0 Å². The summed E-state index contributed by atoms with van der Waals surface area (Å²) in [6.07, 6.45) is 2.21. The van der Waals surface area contributed by atoms with Gasteiger partial charge in [-0.1, -0.05) is 13.3 Å². The van der Waals surface area contributed by atoms with Crippen LogP contribution in [0.5, 0.6) is 11.5 Å². The van der Waals surface area contributed by atoms with E-state index in [-0.39, 0.29) is 40.0 Å². The molecule has 0 aliphatic rings. The number of hydrogen-bond donors (Lipinski definition) is 0. The molecule has 0 N–H and O–H groups in total. The van der Waals surface area contributed by atoms with E-state index in [1.165, 1.54) is 0 Å². The minimum Gasteiger partial charge on any atom is -1.00 e. The number of rotatable bonds is 5. The van der Waals surface area contributed by atoms with Crippen LogP contribution in [0.1, 0.15) is 19.8 Å². The Hall–Kier alpha value is 0.0662. The van der Waals surface area contributed by atoms with E-state index in [1.54, 1.807) is 13.2 Å². The smallest absolute Gasteiger partial charge is 1.00 e. The molecule has 0 fully saturated rings. The van der Waals surface area contributed by atoms with Crippen molar-refractivity contribution in [3.05, 3.63) is 24.3 Å². The Kier molecular flexibility index (Phi) is 12.3. The summed E-state index contributed by atoms with van der Waals surface area (Å²) in [7, 11) is 1.63. The SMILES string of the molecule is CCCCOc1cc[c-]cc1OC.[Br-].[Mg+2]. The second-order valence-corrected chi connectivity index (χ2v) is 2.78. The van der Waals surface area contributed by atoms with Crippen LogP contribution in [0.15, 0.2) is 18.2 Å². The summed E-state index contributed by atoms with van der Waals surface area (Å²) in [5.41, 5.74) is 0. The zero-order valence-electron chi connectivity index (χ0n) is 9.25. The predicted molar refractivity (Wildman–Crippen MR) is 58.0 cm³/mol. The normalized spacial score (nSPS) is 8.40. The van der Waals surface area contributed by atoms with Crippen LogP contribution in [0, 0.1) is 6.07 Å². The Morgan fingerprint density at radius 3 is 2.67 bits per heavy atom. The van der Waals surface area contributed by atoms with Gasteiger partial charge in [-0.25, -0.2) is 0 Å². The van der Waals surface area contributed by atoms with Crippen molar-refractivity contribution in [2.75, 3.05) is 13.7 Å². The first kappa shape index (κ1) is 17.5. The number of halogens is 1. The van der Waals surface area contributed by atoms with Crippen molar-refractivity contribution in [3.8, 4) is 11.5 Å². The van der Waals surface area contributed by atoms with E-state index in [0.717, 1.165) is 30.9 Å². The molecule has 0 unspecified atom stereocenters. The molecule has 0 aliphatic heterocycles. The van der Waals surface area contributed by atoms with Gasteiger partial charge in [-0.05, 0) is 6.42 Å². The summed E-state index contributed by atoms with van der Waals surface area (Å²) in [6.45, 7) is 2.89. The number of ether oxygens (including phenoxy) is 2. The van der Waals surface area contributed by atoms with E-state index in [1.807, 2.05) is 12.1 Å².